The lowest BCUT2D eigenvalue weighted by atomic mass is 9.86. The van der Waals surface area contributed by atoms with Crippen molar-refractivity contribution in [3.05, 3.63) is 242 Å². The van der Waals surface area contributed by atoms with E-state index in [2.05, 4.69) is 226 Å². The Morgan fingerprint density at radius 2 is 0.818 bits per heavy atom. The Kier molecular flexibility index (Phi) is 10.4. The largest absolute Gasteiger partial charge is 0.309 e. The number of hydrogen-bond donors (Lipinski definition) is 0. The maximum absolute atomic E-state index is 5.37. The molecule has 0 spiro atoms. The average Bonchev–Trinajstić information content (AvgIpc) is 3.71. The molecule has 11 rings (SSSR count). The molecule has 0 amide bonds. The maximum Gasteiger partial charge on any atom is 0.179 e. The predicted molar refractivity (Wildman–Crippen MR) is 278 cm³/mol. The normalized spacial score (nSPS) is 11.9. The second kappa shape index (κ2) is 16.9. The van der Waals surface area contributed by atoms with E-state index in [1.807, 2.05) is 36.4 Å². The summed E-state index contributed by atoms with van der Waals surface area (Å²) in [5, 5.41) is 7.71. The first-order valence-electron chi connectivity index (χ1n) is 22.7. The molecule has 2 aromatic heterocycles. The van der Waals surface area contributed by atoms with Gasteiger partial charge in [0.05, 0.1) is 11.0 Å². The molecule has 0 N–H and O–H groups in total. The average molecular weight is 865 g/mol. The third-order valence-electron chi connectivity index (χ3n) is 13.0. The van der Waals surface area contributed by atoms with Crippen molar-refractivity contribution in [2.45, 2.75) is 26.2 Å². The smallest absolute Gasteiger partial charge is 0.179 e. The van der Waals surface area contributed by atoms with Crippen LogP contribution in [0.15, 0.2) is 237 Å². The number of benzene rings is 9. The first kappa shape index (κ1) is 40.8. The van der Waals surface area contributed by atoms with Gasteiger partial charge in [0.1, 0.15) is 0 Å². The Labute approximate surface area is 387 Å². The molecule has 4 nitrogen and oxygen atoms in total. The molecule has 0 atom stereocenters. The second-order valence-corrected chi connectivity index (χ2v) is 21.8. The van der Waals surface area contributed by atoms with Gasteiger partial charge >= 0.3 is 0 Å². The molecule has 9 aromatic carbocycles. The second-order valence-electron chi connectivity index (χ2n) is 18.0. The van der Waals surface area contributed by atoms with E-state index in [1.165, 1.54) is 42.6 Å². The van der Waals surface area contributed by atoms with Crippen molar-refractivity contribution in [2.24, 2.45) is 0 Å². The molecule has 0 aliphatic rings. The van der Waals surface area contributed by atoms with Gasteiger partial charge in [-0.15, -0.1) is 0 Å². The summed E-state index contributed by atoms with van der Waals surface area (Å²) in [5.41, 5.74) is 9.52. The molecule has 0 fully saturated rings. The molecule has 0 saturated carbocycles. The lowest BCUT2D eigenvalue weighted by molar-refractivity contribution is 0.591. The molecule has 66 heavy (non-hydrogen) atoms. The minimum absolute atomic E-state index is 0.0279. The molecule has 0 bridgehead atoms. The third kappa shape index (κ3) is 7.24. The number of para-hydroxylation sites is 1. The van der Waals surface area contributed by atoms with Crippen LogP contribution in [0.25, 0.3) is 72.8 Å². The van der Waals surface area contributed by atoms with E-state index in [9.17, 15) is 0 Å². The highest BCUT2D eigenvalue weighted by Crippen LogP contribution is 2.39. The highest BCUT2D eigenvalue weighted by Gasteiger charge is 2.41. The fourth-order valence-electron chi connectivity index (χ4n) is 9.74. The molecule has 0 radical (unpaired) electrons. The van der Waals surface area contributed by atoms with Crippen LogP contribution in [-0.2, 0) is 5.41 Å². The van der Waals surface area contributed by atoms with E-state index in [0.29, 0.717) is 17.5 Å². The molecule has 316 valence electrons. The molecular formula is C61H48N4Si. The van der Waals surface area contributed by atoms with Crippen LogP contribution in [0, 0.1) is 0 Å². The lowest BCUT2D eigenvalue weighted by Crippen LogP contribution is -2.74. The maximum atomic E-state index is 5.37. The van der Waals surface area contributed by atoms with Gasteiger partial charge in [0.25, 0.3) is 0 Å². The lowest BCUT2D eigenvalue weighted by Gasteiger charge is -2.34. The zero-order valence-electron chi connectivity index (χ0n) is 37.3. The SMILES string of the molecule is CC(C)(C)c1ccc2c3ccccc3n(-c3ccc(-c4cccc([Si](c5ccccc5)(c5ccccc5)c5ccccc5)c4)c(-c4nc(-c5ccccc5)nc(-c5ccccc5)n4)c3)c2c1. The van der Waals surface area contributed by atoms with Crippen molar-refractivity contribution < 1.29 is 0 Å². The van der Waals surface area contributed by atoms with Gasteiger partial charge in [0.2, 0.25) is 0 Å². The molecule has 11 aromatic rings. The molecule has 0 unspecified atom stereocenters. The minimum Gasteiger partial charge on any atom is -0.309 e. The summed E-state index contributed by atoms with van der Waals surface area (Å²) in [6.07, 6.45) is 0. The van der Waals surface area contributed by atoms with E-state index < -0.39 is 8.07 Å². The van der Waals surface area contributed by atoms with Gasteiger partial charge in [-0.2, -0.15) is 0 Å². The number of nitrogens with zero attached hydrogens (tertiary/aromatic N) is 4. The van der Waals surface area contributed by atoms with Crippen molar-refractivity contribution in [1.29, 1.82) is 0 Å². The van der Waals surface area contributed by atoms with E-state index in [1.54, 1.807) is 0 Å². The van der Waals surface area contributed by atoms with E-state index in [0.717, 1.165) is 39.0 Å². The first-order valence-corrected chi connectivity index (χ1v) is 24.7. The van der Waals surface area contributed by atoms with Gasteiger partial charge in [-0.05, 0) is 67.1 Å². The van der Waals surface area contributed by atoms with Crippen molar-refractivity contribution >= 4 is 50.6 Å². The summed E-state index contributed by atoms with van der Waals surface area (Å²) in [6.45, 7) is 6.84. The van der Waals surface area contributed by atoms with E-state index >= 15 is 0 Å². The third-order valence-corrected chi connectivity index (χ3v) is 17.7. The molecule has 0 aliphatic heterocycles. The molecule has 0 saturated heterocycles. The van der Waals surface area contributed by atoms with E-state index in [4.69, 9.17) is 15.0 Å². The van der Waals surface area contributed by atoms with E-state index in [-0.39, 0.29) is 5.41 Å². The number of fused-ring (bicyclic) bond motifs is 3. The number of hydrogen-bond acceptors (Lipinski definition) is 3. The van der Waals surface area contributed by atoms with Gasteiger partial charge in [-0.25, -0.2) is 15.0 Å². The van der Waals surface area contributed by atoms with Crippen LogP contribution in [0.1, 0.15) is 26.3 Å². The Hall–Kier alpha value is -7.99. The molecule has 5 heteroatoms. The summed E-state index contributed by atoms with van der Waals surface area (Å²) in [6, 6.07) is 85.6. The highest BCUT2D eigenvalue weighted by atomic mass is 28.3. The zero-order chi connectivity index (χ0) is 44.7. The van der Waals surface area contributed by atoms with Crippen LogP contribution in [0.3, 0.4) is 0 Å². The number of aromatic nitrogens is 4. The standard InChI is InChI=1S/C61H48N4Si/c1-61(2,3)46-36-38-54-53-34-19-20-35-56(53)65(57(54)41-46)47-37-39-52(55(42-47)60-63-58(43-22-9-4-10-23-43)62-59(64-60)44-24-11-5-12-25-44)45-26-21-33-51(40-45)66(48-27-13-6-14-28-48,49-29-15-7-16-30-49)50-31-17-8-18-32-50/h4-42H,1-3H3. The topological polar surface area (TPSA) is 43.6 Å². The molecule has 0 aliphatic carbocycles. The van der Waals surface area contributed by atoms with Crippen molar-refractivity contribution in [2.75, 3.05) is 0 Å². The Bertz CT molecular complexity index is 3340. The Balaban J connectivity index is 1.21. The predicted octanol–water partition coefficient (Wildman–Crippen LogP) is 12.3. The number of rotatable bonds is 9. The highest BCUT2D eigenvalue weighted by molar-refractivity contribution is 7.19. The Morgan fingerprint density at radius 1 is 0.348 bits per heavy atom. The van der Waals surface area contributed by atoms with Crippen molar-refractivity contribution in [1.82, 2.24) is 19.5 Å². The fraction of sp³-hybridized carbons (Fsp3) is 0.0656. The van der Waals surface area contributed by atoms with Gasteiger partial charge in [-0.3, -0.25) is 0 Å². The van der Waals surface area contributed by atoms with Crippen LogP contribution in [0.5, 0.6) is 0 Å². The van der Waals surface area contributed by atoms with Crippen LogP contribution in [-0.4, -0.2) is 27.6 Å². The summed E-state index contributed by atoms with van der Waals surface area (Å²) in [5.74, 6) is 1.86. The van der Waals surface area contributed by atoms with Crippen molar-refractivity contribution in [3.8, 4) is 51.0 Å². The quantitative estimate of drug-likeness (QED) is 0.107. The van der Waals surface area contributed by atoms with Gasteiger partial charge in [-0.1, -0.05) is 233 Å². The summed E-state index contributed by atoms with van der Waals surface area (Å²) in [4.78, 5) is 15.9. The monoisotopic (exact) mass is 864 g/mol. The zero-order valence-corrected chi connectivity index (χ0v) is 38.3. The van der Waals surface area contributed by atoms with Crippen molar-refractivity contribution in [3.63, 3.8) is 0 Å². The Morgan fingerprint density at radius 3 is 1.38 bits per heavy atom. The van der Waals surface area contributed by atoms with Crippen LogP contribution in [0.2, 0.25) is 0 Å². The first-order chi connectivity index (χ1) is 32.4. The minimum atomic E-state index is -2.85. The molecular weight excluding hydrogens is 817 g/mol. The van der Waals surface area contributed by atoms with Crippen LogP contribution >= 0.6 is 0 Å². The fourth-order valence-corrected chi connectivity index (χ4v) is 14.5. The van der Waals surface area contributed by atoms with Crippen LogP contribution in [0.4, 0.5) is 0 Å². The molecule has 2 heterocycles. The summed E-state index contributed by atoms with van der Waals surface area (Å²) < 4.78 is 2.42. The summed E-state index contributed by atoms with van der Waals surface area (Å²) in [7, 11) is -2.85. The van der Waals surface area contributed by atoms with Gasteiger partial charge < -0.3 is 4.57 Å². The van der Waals surface area contributed by atoms with Gasteiger partial charge in [0.15, 0.2) is 25.5 Å². The van der Waals surface area contributed by atoms with Crippen LogP contribution < -0.4 is 20.7 Å². The van der Waals surface area contributed by atoms with Gasteiger partial charge in [0, 0.05) is 33.2 Å². The summed E-state index contributed by atoms with van der Waals surface area (Å²) >= 11 is 0.